The minimum atomic E-state index is -0.0142. The average molecular weight is 278 g/mol. The Morgan fingerprint density at radius 1 is 1.25 bits per heavy atom. The normalized spacial score (nSPS) is 13.7. The lowest BCUT2D eigenvalue weighted by Gasteiger charge is -2.13. The number of nitrogen functional groups attached to an aromatic ring is 1. The van der Waals surface area contributed by atoms with Crippen molar-refractivity contribution < 1.29 is 14.3 Å². The van der Waals surface area contributed by atoms with Crippen molar-refractivity contribution in [1.29, 1.82) is 0 Å². The molecule has 0 saturated carbocycles. The first-order valence-electron chi connectivity index (χ1n) is 7.19. The van der Waals surface area contributed by atoms with E-state index < -0.39 is 0 Å². The third-order valence-electron chi connectivity index (χ3n) is 3.20. The van der Waals surface area contributed by atoms with Gasteiger partial charge in [-0.3, -0.25) is 4.79 Å². The van der Waals surface area contributed by atoms with Crippen LogP contribution in [0.5, 0.6) is 11.5 Å². The van der Waals surface area contributed by atoms with Gasteiger partial charge in [-0.2, -0.15) is 0 Å². The van der Waals surface area contributed by atoms with Gasteiger partial charge in [0.05, 0.1) is 24.6 Å². The second-order valence-corrected chi connectivity index (χ2v) is 4.94. The van der Waals surface area contributed by atoms with E-state index in [1.165, 1.54) is 0 Å². The molecular weight excluding hydrogens is 256 g/mol. The molecule has 110 valence electrons. The fourth-order valence-electron chi connectivity index (χ4n) is 2.08. The SMILES string of the molecule is CCCCCC(=O)Nc1cc2c(cc1N)OCCCO2. The summed E-state index contributed by atoms with van der Waals surface area (Å²) in [4.78, 5) is 11.8. The largest absolute Gasteiger partial charge is 0.489 e. The summed E-state index contributed by atoms with van der Waals surface area (Å²) in [6.07, 6.45) is 4.41. The van der Waals surface area contributed by atoms with Gasteiger partial charge in [-0.1, -0.05) is 19.8 Å². The minimum Gasteiger partial charge on any atom is -0.489 e. The van der Waals surface area contributed by atoms with Crippen molar-refractivity contribution >= 4 is 17.3 Å². The second kappa shape index (κ2) is 7.03. The summed E-state index contributed by atoms with van der Waals surface area (Å²) in [5.41, 5.74) is 7.04. The molecule has 1 aliphatic rings. The van der Waals surface area contributed by atoms with E-state index in [0.29, 0.717) is 42.5 Å². The molecule has 0 radical (unpaired) electrons. The Morgan fingerprint density at radius 2 is 1.95 bits per heavy atom. The van der Waals surface area contributed by atoms with Gasteiger partial charge in [0.15, 0.2) is 11.5 Å². The van der Waals surface area contributed by atoms with Crippen molar-refractivity contribution in [2.45, 2.75) is 39.0 Å². The van der Waals surface area contributed by atoms with Crippen molar-refractivity contribution in [3.63, 3.8) is 0 Å². The van der Waals surface area contributed by atoms with E-state index in [9.17, 15) is 4.79 Å². The number of nitrogens with two attached hydrogens (primary N) is 1. The smallest absolute Gasteiger partial charge is 0.224 e. The molecule has 0 atom stereocenters. The summed E-state index contributed by atoms with van der Waals surface area (Å²) in [6, 6.07) is 3.45. The number of hydrogen-bond acceptors (Lipinski definition) is 4. The van der Waals surface area contributed by atoms with E-state index in [-0.39, 0.29) is 5.91 Å². The Kier molecular flexibility index (Phi) is 5.09. The van der Waals surface area contributed by atoms with Crippen molar-refractivity contribution in [1.82, 2.24) is 0 Å². The number of amides is 1. The van der Waals surface area contributed by atoms with Crippen LogP contribution in [0.15, 0.2) is 12.1 Å². The van der Waals surface area contributed by atoms with Crippen LogP contribution in [0.3, 0.4) is 0 Å². The monoisotopic (exact) mass is 278 g/mol. The van der Waals surface area contributed by atoms with E-state index in [1.807, 2.05) is 0 Å². The highest BCUT2D eigenvalue weighted by atomic mass is 16.5. The second-order valence-electron chi connectivity index (χ2n) is 4.94. The first-order chi connectivity index (χ1) is 9.70. The zero-order chi connectivity index (χ0) is 14.4. The highest BCUT2D eigenvalue weighted by Crippen LogP contribution is 2.36. The van der Waals surface area contributed by atoms with Crippen molar-refractivity contribution in [2.75, 3.05) is 24.3 Å². The highest BCUT2D eigenvalue weighted by molar-refractivity contribution is 5.94. The number of ether oxygens (including phenoxy) is 2. The van der Waals surface area contributed by atoms with Gasteiger partial charge in [-0.15, -0.1) is 0 Å². The van der Waals surface area contributed by atoms with Crippen molar-refractivity contribution in [2.24, 2.45) is 0 Å². The lowest BCUT2D eigenvalue weighted by Crippen LogP contribution is -2.12. The number of carbonyl (C=O) groups excluding carboxylic acids is 1. The van der Waals surface area contributed by atoms with Gasteiger partial charge < -0.3 is 20.5 Å². The van der Waals surface area contributed by atoms with Crippen LogP contribution in [0.1, 0.15) is 39.0 Å². The zero-order valence-corrected chi connectivity index (χ0v) is 11.9. The number of nitrogens with one attached hydrogen (secondary N) is 1. The lowest BCUT2D eigenvalue weighted by molar-refractivity contribution is -0.116. The molecule has 0 saturated heterocycles. The first-order valence-corrected chi connectivity index (χ1v) is 7.19. The van der Waals surface area contributed by atoms with Gasteiger partial charge in [0.1, 0.15) is 0 Å². The molecule has 1 heterocycles. The lowest BCUT2D eigenvalue weighted by atomic mass is 10.2. The van der Waals surface area contributed by atoms with Crippen LogP contribution in [0.25, 0.3) is 0 Å². The molecule has 20 heavy (non-hydrogen) atoms. The Morgan fingerprint density at radius 3 is 2.65 bits per heavy atom. The van der Waals surface area contributed by atoms with E-state index in [1.54, 1.807) is 12.1 Å². The van der Waals surface area contributed by atoms with E-state index in [0.717, 1.165) is 25.7 Å². The summed E-state index contributed by atoms with van der Waals surface area (Å²) >= 11 is 0. The maximum absolute atomic E-state index is 11.8. The summed E-state index contributed by atoms with van der Waals surface area (Å²) in [5, 5.41) is 2.84. The molecule has 5 heteroatoms. The van der Waals surface area contributed by atoms with Gasteiger partial charge in [0, 0.05) is 25.0 Å². The van der Waals surface area contributed by atoms with Gasteiger partial charge in [0.2, 0.25) is 5.91 Å². The highest BCUT2D eigenvalue weighted by Gasteiger charge is 2.14. The molecule has 0 bridgehead atoms. The van der Waals surface area contributed by atoms with E-state index >= 15 is 0 Å². The molecule has 2 rings (SSSR count). The molecule has 0 aromatic heterocycles. The average Bonchev–Trinajstić information content (AvgIpc) is 2.64. The number of hydrogen-bond donors (Lipinski definition) is 2. The molecular formula is C15H22N2O3. The van der Waals surface area contributed by atoms with Crippen LogP contribution in [-0.4, -0.2) is 19.1 Å². The number of benzene rings is 1. The third-order valence-corrected chi connectivity index (χ3v) is 3.20. The molecule has 1 aromatic carbocycles. The van der Waals surface area contributed by atoms with Crippen LogP contribution in [0, 0.1) is 0 Å². The topological polar surface area (TPSA) is 73.6 Å². The van der Waals surface area contributed by atoms with Crippen LogP contribution in [0.2, 0.25) is 0 Å². The predicted molar refractivity (Wildman–Crippen MR) is 79.2 cm³/mol. The van der Waals surface area contributed by atoms with Crippen LogP contribution in [-0.2, 0) is 4.79 Å². The number of rotatable bonds is 5. The molecule has 0 unspecified atom stereocenters. The van der Waals surface area contributed by atoms with E-state index in [4.69, 9.17) is 15.2 Å². The van der Waals surface area contributed by atoms with Crippen LogP contribution >= 0.6 is 0 Å². The summed E-state index contributed by atoms with van der Waals surface area (Å²) in [5.74, 6) is 1.27. The Hall–Kier alpha value is -1.91. The van der Waals surface area contributed by atoms with Gasteiger partial charge in [-0.25, -0.2) is 0 Å². The maximum atomic E-state index is 11.8. The van der Waals surface area contributed by atoms with Crippen LogP contribution < -0.4 is 20.5 Å². The minimum absolute atomic E-state index is 0.0142. The molecule has 1 amide bonds. The molecule has 0 spiro atoms. The van der Waals surface area contributed by atoms with Gasteiger partial charge in [0.25, 0.3) is 0 Å². The first kappa shape index (κ1) is 14.5. The molecule has 3 N–H and O–H groups in total. The Labute approximate surface area is 119 Å². The maximum Gasteiger partial charge on any atom is 0.224 e. The molecule has 0 aliphatic carbocycles. The zero-order valence-electron chi connectivity index (χ0n) is 11.9. The fraction of sp³-hybridized carbons (Fsp3) is 0.533. The molecule has 0 fully saturated rings. The summed E-state index contributed by atoms with van der Waals surface area (Å²) < 4.78 is 11.1. The van der Waals surface area contributed by atoms with Crippen LogP contribution in [0.4, 0.5) is 11.4 Å². The van der Waals surface area contributed by atoms with Crippen molar-refractivity contribution in [3.8, 4) is 11.5 Å². The fourth-order valence-corrected chi connectivity index (χ4v) is 2.08. The van der Waals surface area contributed by atoms with E-state index in [2.05, 4.69) is 12.2 Å². The summed E-state index contributed by atoms with van der Waals surface area (Å²) in [7, 11) is 0. The number of unbranched alkanes of at least 4 members (excludes halogenated alkanes) is 2. The number of carbonyl (C=O) groups is 1. The standard InChI is InChI=1S/C15H22N2O3/c1-2-3-4-6-15(18)17-12-10-14-13(9-11(12)16)19-7-5-8-20-14/h9-10H,2-8,16H2,1H3,(H,17,18). The Balaban J connectivity index is 2.04. The Bertz CT molecular complexity index is 474. The third kappa shape index (κ3) is 3.79. The molecule has 5 nitrogen and oxygen atoms in total. The quantitative estimate of drug-likeness (QED) is 0.641. The predicted octanol–water partition coefficient (Wildman–Crippen LogP) is 2.95. The van der Waals surface area contributed by atoms with Gasteiger partial charge >= 0.3 is 0 Å². The summed E-state index contributed by atoms with van der Waals surface area (Å²) in [6.45, 7) is 3.34. The molecule has 1 aromatic rings. The molecule has 1 aliphatic heterocycles. The van der Waals surface area contributed by atoms with Crippen molar-refractivity contribution in [3.05, 3.63) is 12.1 Å². The number of fused-ring (bicyclic) bond motifs is 1. The number of anilines is 2. The van der Waals surface area contributed by atoms with Gasteiger partial charge in [-0.05, 0) is 6.42 Å².